The van der Waals surface area contributed by atoms with E-state index >= 15 is 0 Å². The van der Waals surface area contributed by atoms with Crippen molar-refractivity contribution >= 4 is 32.1 Å². The SMILES string of the molecule is CN1CCN(c2cc3ccccc3s2)c2ccc(C#N)cc2C1. The fraction of sp³-hybridized carbons (Fsp3) is 0.211. The van der Waals surface area contributed by atoms with Gasteiger partial charge in [0.15, 0.2) is 0 Å². The molecule has 23 heavy (non-hydrogen) atoms. The number of fused-ring (bicyclic) bond motifs is 2. The van der Waals surface area contributed by atoms with Crippen LogP contribution in [0.2, 0.25) is 0 Å². The highest BCUT2D eigenvalue weighted by Crippen LogP contribution is 2.38. The lowest BCUT2D eigenvalue weighted by Gasteiger charge is -2.23. The molecule has 2 heterocycles. The molecule has 4 rings (SSSR count). The Hall–Kier alpha value is -2.35. The van der Waals surface area contributed by atoms with Gasteiger partial charge in [-0.05, 0) is 48.3 Å². The summed E-state index contributed by atoms with van der Waals surface area (Å²) in [5.74, 6) is 0. The number of hydrogen-bond acceptors (Lipinski definition) is 4. The quantitative estimate of drug-likeness (QED) is 0.668. The van der Waals surface area contributed by atoms with Crippen LogP contribution < -0.4 is 4.90 Å². The van der Waals surface area contributed by atoms with Crippen LogP contribution >= 0.6 is 11.3 Å². The molecule has 114 valence electrons. The average Bonchev–Trinajstić information content (AvgIpc) is 2.92. The van der Waals surface area contributed by atoms with Gasteiger partial charge in [-0.15, -0.1) is 11.3 Å². The van der Waals surface area contributed by atoms with Crippen molar-refractivity contribution in [3.05, 3.63) is 59.7 Å². The second kappa shape index (κ2) is 5.69. The van der Waals surface area contributed by atoms with Gasteiger partial charge in [0, 0.05) is 30.0 Å². The van der Waals surface area contributed by atoms with E-state index in [1.807, 2.05) is 23.5 Å². The fourth-order valence-electron chi connectivity index (χ4n) is 3.14. The zero-order chi connectivity index (χ0) is 15.8. The summed E-state index contributed by atoms with van der Waals surface area (Å²) in [5, 5.41) is 11.7. The molecule has 0 radical (unpaired) electrons. The van der Waals surface area contributed by atoms with Gasteiger partial charge in [-0.25, -0.2) is 0 Å². The van der Waals surface area contributed by atoms with Crippen LogP contribution in [0.3, 0.4) is 0 Å². The molecule has 3 nitrogen and oxygen atoms in total. The molecule has 4 heteroatoms. The smallest absolute Gasteiger partial charge is 0.0991 e. The lowest BCUT2D eigenvalue weighted by Crippen LogP contribution is -2.25. The summed E-state index contributed by atoms with van der Waals surface area (Å²) in [6.07, 6.45) is 0. The number of nitrogens with zero attached hydrogens (tertiary/aromatic N) is 3. The molecular formula is C19H17N3S. The topological polar surface area (TPSA) is 30.3 Å². The normalized spacial score (nSPS) is 15.2. The van der Waals surface area contributed by atoms with E-state index in [1.165, 1.54) is 26.3 Å². The Morgan fingerprint density at radius 3 is 2.78 bits per heavy atom. The van der Waals surface area contributed by atoms with Gasteiger partial charge in [-0.1, -0.05) is 18.2 Å². The minimum atomic E-state index is 0.732. The van der Waals surface area contributed by atoms with Crippen LogP contribution in [0.4, 0.5) is 10.7 Å². The maximum atomic E-state index is 9.18. The van der Waals surface area contributed by atoms with Gasteiger partial charge in [0.25, 0.3) is 0 Å². The molecule has 0 fully saturated rings. The molecule has 0 bridgehead atoms. The molecule has 0 saturated heterocycles. The number of hydrogen-bond donors (Lipinski definition) is 0. The van der Waals surface area contributed by atoms with E-state index in [2.05, 4.69) is 59.3 Å². The monoisotopic (exact) mass is 319 g/mol. The Balaban J connectivity index is 1.84. The second-order valence-electron chi connectivity index (χ2n) is 5.97. The number of benzene rings is 2. The summed E-state index contributed by atoms with van der Waals surface area (Å²) in [4.78, 5) is 4.71. The van der Waals surface area contributed by atoms with Crippen LogP contribution in [-0.4, -0.2) is 25.0 Å². The molecule has 1 aliphatic rings. The van der Waals surface area contributed by atoms with Crippen molar-refractivity contribution in [3.8, 4) is 6.07 Å². The molecule has 2 aromatic carbocycles. The van der Waals surface area contributed by atoms with Crippen molar-refractivity contribution in [2.24, 2.45) is 0 Å². The molecule has 0 saturated carbocycles. The molecule has 0 amide bonds. The van der Waals surface area contributed by atoms with E-state index in [1.54, 1.807) is 0 Å². The highest BCUT2D eigenvalue weighted by atomic mass is 32.1. The third-order valence-electron chi connectivity index (χ3n) is 4.32. The molecule has 0 unspecified atom stereocenters. The lowest BCUT2D eigenvalue weighted by molar-refractivity contribution is 0.343. The summed E-state index contributed by atoms with van der Waals surface area (Å²) >= 11 is 1.83. The second-order valence-corrected chi connectivity index (χ2v) is 7.03. The summed E-state index contributed by atoms with van der Waals surface area (Å²) in [5.41, 5.74) is 3.18. The molecule has 0 N–H and O–H groups in total. The van der Waals surface area contributed by atoms with E-state index in [9.17, 15) is 5.26 Å². The number of nitriles is 1. The first-order chi connectivity index (χ1) is 11.2. The Morgan fingerprint density at radius 2 is 1.96 bits per heavy atom. The van der Waals surface area contributed by atoms with Gasteiger partial charge in [0.05, 0.1) is 16.6 Å². The van der Waals surface area contributed by atoms with E-state index in [4.69, 9.17) is 0 Å². The highest BCUT2D eigenvalue weighted by molar-refractivity contribution is 7.22. The third kappa shape index (κ3) is 2.59. The predicted molar refractivity (Wildman–Crippen MR) is 96.3 cm³/mol. The van der Waals surface area contributed by atoms with Crippen molar-refractivity contribution in [2.75, 3.05) is 25.0 Å². The van der Waals surface area contributed by atoms with Gasteiger partial charge in [-0.3, -0.25) is 0 Å². The Kier molecular flexibility index (Phi) is 3.53. The zero-order valence-electron chi connectivity index (χ0n) is 13.0. The molecule has 0 spiro atoms. The molecule has 1 aromatic heterocycles. The number of thiophene rings is 1. The standard InChI is InChI=1S/C19H17N3S/c1-21-8-9-22(17-7-6-14(12-20)10-16(17)13-21)19-11-15-4-2-3-5-18(15)23-19/h2-7,10-11H,8-9,13H2,1H3. The van der Waals surface area contributed by atoms with Crippen molar-refractivity contribution in [3.63, 3.8) is 0 Å². The molecular weight excluding hydrogens is 302 g/mol. The average molecular weight is 319 g/mol. The molecule has 1 aliphatic heterocycles. The number of anilines is 2. The van der Waals surface area contributed by atoms with Gasteiger partial charge in [0.2, 0.25) is 0 Å². The van der Waals surface area contributed by atoms with E-state index < -0.39 is 0 Å². The van der Waals surface area contributed by atoms with Crippen LogP contribution in [-0.2, 0) is 6.54 Å². The van der Waals surface area contributed by atoms with Crippen LogP contribution in [0.5, 0.6) is 0 Å². The number of rotatable bonds is 1. The summed E-state index contributed by atoms with van der Waals surface area (Å²) in [7, 11) is 2.14. The van der Waals surface area contributed by atoms with Crippen LogP contribution in [0, 0.1) is 11.3 Å². The minimum absolute atomic E-state index is 0.732. The summed E-state index contributed by atoms with van der Waals surface area (Å²) in [6, 6.07) is 19.1. The van der Waals surface area contributed by atoms with Gasteiger partial charge in [-0.2, -0.15) is 5.26 Å². The maximum absolute atomic E-state index is 9.18. The predicted octanol–water partition coefficient (Wildman–Crippen LogP) is 4.36. The van der Waals surface area contributed by atoms with Crippen LogP contribution in [0.1, 0.15) is 11.1 Å². The fourth-order valence-corrected chi connectivity index (χ4v) is 4.24. The van der Waals surface area contributed by atoms with E-state index in [0.717, 1.165) is 25.2 Å². The minimum Gasteiger partial charge on any atom is -0.332 e. The molecule has 0 atom stereocenters. The first-order valence-electron chi connectivity index (χ1n) is 7.72. The number of likely N-dealkylation sites (N-methyl/N-ethyl adjacent to an activating group) is 1. The van der Waals surface area contributed by atoms with Gasteiger partial charge >= 0.3 is 0 Å². The zero-order valence-corrected chi connectivity index (χ0v) is 13.8. The molecule has 3 aromatic rings. The highest BCUT2D eigenvalue weighted by Gasteiger charge is 2.21. The first kappa shape index (κ1) is 14.3. The Labute approximate surface area is 140 Å². The van der Waals surface area contributed by atoms with Gasteiger partial charge in [0.1, 0.15) is 0 Å². The lowest BCUT2D eigenvalue weighted by atomic mass is 10.1. The van der Waals surface area contributed by atoms with Gasteiger partial charge < -0.3 is 9.80 Å². The summed E-state index contributed by atoms with van der Waals surface area (Å²) < 4.78 is 1.32. The third-order valence-corrected chi connectivity index (χ3v) is 5.46. The van der Waals surface area contributed by atoms with E-state index in [0.29, 0.717) is 0 Å². The Bertz CT molecular complexity index is 873. The van der Waals surface area contributed by atoms with Crippen LogP contribution in [0.15, 0.2) is 48.5 Å². The van der Waals surface area contributed by atoms with Crippen molar-refractivity contribution in [2.45, 2.75) is 6.54 Å². The summed E-state index contributed by atoms with van der Waals surface area (Å²) in [6.45, 7) is 2.85. The Morgan fingerprint density at radius 1 is 1.09 bits per heavy atom. The largest absolute Gasteiger partial charge is 0.332 e. The van der Waals surface area contributed by atoms with Crippen LogP contribution in [0.25, 0.3) is 10.1 Å². The maximum Gasteiger partial charge on any atom is 0.0991 e. The van der Waals surface area contributed by atoms with Crippen molar-refractivity contribution < 1.29 is 0 Å². The molecule has 0 aliphatic carbocycles. The van der Waals surface area contributed by atoms with E-state index in [-0.39, 0.29) is 0 Å². The first-order valence-corrected chi connectivity index (χ1v) is 8.54. The van der Waals surface area contributed by atoms with Crippen molar-refractivity contribution in [1.82, 2.24) is 4.90 Å². The van der Waals surface area contributed by atoms with Crippen molar-refractivity contribution in [1.29, 1.82) is 5.26 Å².